The number of hydrogen-bond acceptors (Lipinski definition) is 4. The third kappa shape index (κ3) is 3.35. The molecule has 1 amide bonds. The maximum Gasteiger partial charge on any atom is 0.270 e. The van der Waals surface area contributed by atoms with E-state index in [4.69, 9.17) is 0 Å². The largest absolute Gasteiger partial charge is 0.371 e. The zero-order valence-corrected chi connectivity index (χ0v) is 14.1. The number of amides is 1. The monoisotopic (exact) mass is 361 g/mol. The van der Waals surface area contributed by atoms with Gasteiger partial charge in [-0.05, 0) is 31.0 Å². The molecule has 1 heterocycles. The van der Waals surface area contributed by atoms with E-state index in [0.717, 1.165) is 43.0 Å². The molecule has 6 nitrogen and oxygen atoms in total. The molecule has 136 valence electrons. The molecule has 1 saturated heterocycles. The van der Waals surface area contributed by atoms with Gasteiger partial charge in [0.05, 0.1) is 16.2 Å². The van der Waals surface area contributed by atoms with Crippen molar-refractivity contribution in [3.63, 3.8) is 0 Å². The number of non-ortho nitro benzene ring substituents is 1. The molecule has 3 rings (SSSR count). The smallest absolute Gasteiger partial charge is 0.270 e. The minimum absolute atomic E-state index is 0.160. The Bertz CT molecular complexity index is 867. The van der Waals surface area contributed by atoms with Crippen LogP contribution in [0.3, 0.4) is 0 Å². The van der Waals surface area contributed by atoms with Crippen LogP contribution in [0.15, 0.2) is 36.4 Å². The third-order valence-corrected chi connectivity index (χ3v) is 4.46. The average molecular weight is 361 g/mol. The van der Waals surface area contributed by atoms with Gasteiger partial charge in [0, 0.05) is 44.0 Å². The number of carbonyl (C=O) groups excluding carboxylic acids is 1. The van der Waals surface area contributed by atoms with Crippen molar-refractivity contribution in [3.05, 3.63) is 63.7 Å². The molecule has 0 radical (unpaired) electrons. The van der Waals surface area contributed by atoms with Crippen LogP contribution < -0.4 is 9.80 Å². The number of benzene rings is 2. The Labute approximate surface area is 148 Å². The first-order chi connectivity index (χ1) is 12.4. The molecule has 2 aromatic carbocycles. The van der Waals surface area contributed by atoms with Crippen LogP contribution in [0, 0.1) is 21.7 Å². The van der Waals surface area contributed by atoms with Crippen molar-refractivity contribution in [1.29, 1.82) is 0 Å². The highest BCUT2D eigenvalue weighted by Crippen LogP contribution is 2.30. The first-order valence-corrected chi connectivity index (χ1v) is 8.15. The summed E-state index contributed by atoms with van der Waals surface area (Å²) in [5.74, 6) is -2.61. The van der Waals surface area contributed by atoms with Gasteiger partial charge in [-0.1, -0.05) is 0 Å². The summed E-state index contributed by atoms with van der Waals surface area (Å²) in [4.78, 5) is 26.6. The van der Waals surface area contributed by atoms with Crippen LogP contribution in [-0.4, -0.2) is 31.0 Å². The molecule has 1 fully saturated rings. The minimum atomic E-state index is -1.07. The second-order valence-electron chi connectivity index (χ2n) is 6.12. The second-order valence-corrected chi connectivity index (χ2v) is 6.12. The molecule has 0 aliphatic carbocycles. The number of anilines is 2. The molecule has 8 heteroatoms. The normalized spacial score (nSPS) is 13.7. The Kier molecular flexibility index (Phi) is 4.83. The van der Waals surface area contributed by atoms with Crippen molar-refractivity contribution in [2.75, 3.05) is 29.9 Å². The van der Waals surface area contributed by atoms with E-state index in [-0.39, 0.29) is 16.9 Å². The van der Waals surface area contributed by atoms with Crippen LogP contribution in [0.1, 0.15) is 23.2 Å². The molecule has 0 saturated carbocycles. The van der Waals surface area contributed by atoms with Gasteiger partial charge in [-0.2, -0.15) is 0 Å². The standard InChI is InChI=1S/C18H17F2N3O3/c1-21(12-4-6-15(19)16(20)11-12)18(24)14-10-13(23(25)26)5-7-17(14)22-8-2-3-9-22/h4-7,10-11H,2-3,8-9H2,1H3. The fraction of sp³-hybridized carbons (Fsp3) is 0.278. The van der Waals surface area contributed by atoms with Crippen molar-refractivity contribution in [1.82, 2.24) is 0 Å². The van der Waals surface area contributed by atoms with Crippen molar-refractivity contribution in [2.45, 2.75) is 12.8 Å². The highest BCUT2D eigenvalue weighted by atomic mass is 19.2. The molecule has 0 N–H and O–H groups in total. The van der Waals surface area contributed by atoms with E-state index in [1.807, 2.05) is 4.90 Å². The maximum absolute atomic E-state index is 13.5. The van der Waals surface area contributed by atoms with Gasteiger partial charge in [0.1, 0.15) is 0 Å². The Morgan fingerprint density at radius 2 is 1.81 bits per heavy atom. The Hall–Kier alpha value is -3.03. The van der Waals surface area contributed by atoms with Crippen LogP contribution in [0.2, 0.25) is 0 Å². The van der Waals surface area contributed by atoms with Crippen LogP contribution in [-0.2, 0) is 0 Å². The van der Waals surface area contributed by atoms with E-state index in [1.165, 1.54) is 25.2 Å². The van der Waals surface area contributed by atoms with Gasteiger partial charge >= 0.3 is 0 Å². The summed E-state index contributed by atoms with van der Waals surface area (Å²) in [5.41, 5.74) is 0.726. The quantitative estimate of drug-likeness (QED) is 0.614. The van der Waals surface area contributed by atoms with Crippen LogP contribution in [0.5, 0.6) is 0 Å². The molecule has 26 heavy (non-hydrogen) atoms. The Morgan fingerprint density at radius 1 is 1.12 bits per heavy atom. The van der Waals surface area contributed by atoms with Crippen molar-refractivity contribution >= 4 is 23.0 Å². The minimum Gasteiger partial charge on any atom is -0.371 e. The lowest BCUT2D eigenvalue weighted by Crippen LogP contribution is -2.29. The summed E-state index contributed by atoms with van der Waals surface area (Å²) in [6.07, 6.45) is 1.95. The van der Waals surface area contributed by atoms with Gasteiger partial charge in [0.15, 0.2) is 11.6 Å². The molecular weight excluding hydrogens is 344 g/mol. The lowest BCUT2D eigenvalue weighted by Gasteiger charge is -2.24. The number of carbonyl (C=O) groups is 1. The molecule has 2 aromatic rings. The summed E-state index contributed by atoms with van der Waals surface area (Å²) in [6, 6.07) is 7.29. The number of hydrogen-bond donors (Lipinski definition) is 0. The highest BCUT2D eigenvalue weighted by molar-refractivity contribution is 6.09. The SMILES string of the molecule is CN(C(=O)c1cc([N+](=O)[O-])ccc1N1CCCC1)c1ccc(F)c(F)c1. The Morgan fingerprint density at radius 3 is 2.42 bits per heavy atom. The molecule has 0 aromatic heterocycles. The number of halogens is 2. The molecule has 0 bridgehead atoms. The van der Waals surface area contributed by atoms with E-state index >= 15 is 0 Å². The zero-order chi connectivity index (χ0) is 18.8. The zero-order valence-electron chi connectivity index (χ0n) is 14.1. The van der Waals surface area contributed by atoms with Gasteiger partial charge in [0.25, 0.3) is 11.6 Å². The van der Waals surface area contributed by atoms with Crippen LogP contribution in [0.25, 0.3) is 0 Å². The molecule has 1 aliphatic rings. The fourth-order valence-electron chi connectivity index (χ4n) is 3.03. The number of nitro groups is 1. The average Bonchev–Trinajstić information content (AvgIpc) is 3.16. The second kappa shape index (κ2) is 7.07. The molecule has 1 aliphatic heterocycles. The predicted molar refractivity (Wildman–Crippen MR) is 93.6 cm³/mol. The van der Waals surface area contributed by atoms with Gasteiger partial charge in [0.2, 0.25) is 0 Å². The summed E-state index contributed by atoms with van der Waals surface area (Å²) in [5, 5.41) is 11.1. The lowest BCUT2D eigenvalue weighted by atomic mass is 10.1. The van der Waals surface area contributed by atoms with Gasteiger partial charge in [-0.3, -0.25) is 14.9 Å². The van der Waals surface area contributed by atoms with Crippen LogP contribution in [0.4, 0.5) is 25.8 Å². The fourth-order valence-corrected chi connectivity index (χ4v) is 3.03. The summed E-state index contributed by atoms with van der Waals surface area (Å²) >= 11 is 0. The highest BCUT2D eigenvalue weighted by Gasteiger charge is 2.25. The summed E-state index contributed by atoms with van der Waals surface area (Å²) in [6.45, 7) is 1.51. The molecule has 0 atom stereocenters. The number of nitro benzene ring substituents is 1. The first-order valence-electron chi connectivity index (χ1n) is 8.15. The van der Waals surface area contributed by atoms with E-state index in [0.29, 0.717) is 5.69 Å². The number of nitrogens with zero attached hydrogens (tertiary/aromatic N) is 3. The molecular formula is C18H17F2N3O3. The maximum atomic E-state index is 13.5. The van der Waals surface area contributed by atoms with E-state index in [9.17, 15) is 23.7 Å². The van der Waals surface area contributed by atoms with E-state index in [2.05, 4.69) is 0 Å². The third-order valence-electron chi connectivity index (χ3n) is 4.46. The molecule has 0 spiro atoms. The van der Waals surface area contributed by atoms with E-state index < -0.39 is 22.5 Å². The summed E-state index contributed by atoms with van der Waals surface area (Å²) < 4.78 is 26.6. The predicted octanol–water partition coefficient (Wildman–Crippen LogP) is 3.75. The lowest BCUT2D eigenvalue weighted by molar-refractivity contribution is -0.384. The topological polar surface area (TPSA) is 66.7 Å². The summed E-state index contributed by atoms with van der Waals surface area (Å²) in [7, 11) is 1.42. The van der Waals surface area contributed by atoms with Gasteiger partial charge in [-0.15, -0.1) is 0 Å². The van der Waals surface area contributed by atoms with E-state index in [1.54, 1.807) is 6.07 Å². The van der Waals surface area contributed by atoms with Gasteiger partial charge in [-0.25, -0.2) is 8.78 Å². The van der Waals surface area contributed by atoms with Crippen molar-refractivity contribution in [3.8, 4) is 0 Å². The molecule has 0 unspecified atom stereocenters. The van der Waals surface area contributed by atoms with Gasteiger partial charge < -0.3 is 9.80 Å². The first kappa shape index (κ1) is 17.8. The van der Waals surface area contributed by atoms with Crippen LogP contribution >= 0.6 is 0 Å². The Balaban J connectivity index is 2.01. The number of rotatable bonds is 4. The van der Waals surface area contributed by atoms with Crippen molar-refractivity contribution in [2.24, 2.45) is 0 Å². The van der Waals surface area contributed by atoms with Crippen molar-refractivity contribution < 1.29 is 18.5 Å².